The van der Waals surface area contributed by atoms with Gasteiger partial charge in [-0.05, 0) is 41.1 Å². The molecular weight excluding hydrogens is 558 g/mol. The first-order valence-corrected chi connectivity index (χ1v) is 15.7. The second-order valence-corrected chi connectivity index (χ2v) is 12.3. The molecule has 9 heteroatoms. The Labute approximate surface area is 246 Å². The summed E-state index contributed by atoms with van der Waals surface area (Å²) in [6, 6.07) is 28.4. The number of anilines is 1. The van der Waals surface area contributed by atoms with Crippen LogP contribution in [0.25, 0.3) is 10.8 Å². The van der Waals surface area contributed by atoms with Crippen molar-refractivity contribution in [2.75, 3.05) is 23.7 Å². The van der Waals surface area contributed by atoms with Gasteiger partial charge < -0.3 is 10.2 Å². The zero-order chi connectivity index (χ0) is 29.4. The predicted molar refractivity (Wildman–Crippen MR) is 165 cm³/mol. The minimum absolute atomic E-state index is 0.0730. The van der Waals surface area contributed by atoms with Crippen LogP contribution in [0.15, 0.2) is 97.1 Å². The lowest BCUT2D eigenvalue weighted by Gasteiger charge is -2.33. The molecule has 0 bridgehead atoms. The lowest BCUT2D eigenvalue weighted by atomic mass is 10.0. The Bertz CT molecular complexity index is 1610. The molecule has 1 atom stereocenters. The Morgan fingerprint density at radius 1 is 0.878 bits per heavy atom. The van der Waals surface area contributed by atoms with Crippen LogP contribution in [-0.2, 0) is 32.6 Å². The molecule has 0 aliphatic rings. The van der Waals surface area contributed by atoms with Gasteiger partial charge in [-0.15, -0.1) is 0 Å². The highest BCUT2D eigenvalue weighted by Crippen LogP contribution is 2.29. The van der Waals surface area contributed by atoms with Gasteiger partial charge in [-0.2, -0.15) is 0 Å². The van der Waals surface area contributed by atoms with Crippen LogP contribution >= 0.6 is 11.6 Å². The molecule has 214 valence electrons. The third-order valence-electron chi connectivity index (χ3n) is 6.78. The summed E-state index contributed by atoms with van der Waals surface area (Å²) < 4.78 is 27.4. The number of rotatable bonds is 12. The van der Waals surface area contributed by atoms with Gasteiger partial charge in [-0.25, -0.2) is 8.42 Å². The van der Waals surface area contributed by atoms with Crippen LogP contribution in [0.4, 0.5) is 5.69 Å². The number of sulfonamides is 1. The smallest absolute Gasteiger partial charge is 0.244 e. The fourth-order valence-corrected chi connectivity index (χ4v) is 5.85. The number of nitrogens with one attached hydrogen (secondary N) is 1. The van der Waals surface area contributed by atoms with Crippen LogP contribution in [0.3, 0.4) is 0 Å². The second kappa shape index (κ2) is 13.7. The minimum Gasteiger partial charge on any atom is -0.354 e. The molecule has 0 spiro atoms. The van der Waals surface area contributed by atoms with E-state index in [1.807, 2.05) is 73.7 Å². The van der Waals surface area contributed by atoms with E-state index < -0.39 is 28.5 Å². The third kappa shape index (κ3) is 7.86. The van der Waals surface area contributed by atoms with E-state index in [0.29, 0.717) is 22.6 Å². The van der Waals surface area contributed by atoms with Gasteiger partial charge in [0.05, 0.1) is 11.9 Å². The molecular formula is C32H34ClN3O4S. The highest BCUT2D eigenvalue weighted by atomic mass is 35.5. The quantitative estimate of drug-likeness (QED) is 0.238. The summed E-state index contributed by atoms with van der Waals surface area (Å²) in [5, 5.41) is 4.99. The van der Waals surface area contributed by atoms with E-state index in [4.69, 9.17) is 11.6 Å². The van der Waals surface area contributed by atoms with Crippen molar-refractivity contribution in [2.24, 2.45) is 0 Å². The van der Waals surface area contributed by atoms with E-state index in [2.05, 4.69) is 5.32 Å². The Kier molecular flexibility index (Phi) is 10.0. The molecule has 0 fully saturated rings. The number of fused-ring (bicyclic) bond motifs is 1. The standard InChI is InChI=1S/C32H34ClN3O4S/c1-3-19-34-32(38)30(21-24-11-5-4-6-12-24)35(22-25-13-9-16-27(33)20-25)31(37)23-36(41(2,39)40)29-18-10-15-26-14-7-8-17-28(26)29/h4-18,20,30H,3,19,21-23H2,1-2H3,(H,34,38)/t30-/m1/s1. The zero-order valence-corrected chi connectivity index (χ0v) is 24.7. The van der Waals surface area contributed by atoms with E-state index in [0.717, 1.165) is 33.5 Å². The van der Waals surface area contributed by atoms with E-state index in [1.165, 1.54) is 4.90 Å². The topological polar surface area (TPSA) is 86.8 Å². The highest BCUT2D eigenvalue weighted by Gasteiger charge is 2.33. The lowest BCUT2D eigenvalue weighted by Crippen LogP contribution is -2.53. The predicted octanol–water partition coefficient (Wildman–Crippen LogP) is 5.43. The Balaban J connectivity index is 1.77. The number of halogens is 1. The second-order valence-electron chi connectivity index (χ2n) is 9.92. The third-order valence-corrected chi connectivity index (χ3v) is 8.14. The maximum absolute atomic E-state index is 14.2. The summed E-state index contributed by atoms with van der Waals surface area (Å²) in [6.07, 6.45) is 2.07. The molecule has 0 radical (unpaired) electrons. The number of benzene rings is 4. The van der Waals surface area contributed by atoms with Crippen molar-refractivity contribution in [3.63, 3.8) is 0 Å². The molecule has 4 rings (SSSR count). The number of carbonyl (C=O) groups excluding carboxylic acids is 2. The van der Waals surface area contributed by atoms with Crippen LogP contribution in [0.1, 0.15) is 24.5 Å². The molecule has 0 aromatic heterocycles. The number of hydrogen-bond acceptors (Lipinski definition) is 4. The van der Waals surface area contributed by atoms with Gasteiger partial charge >= 0.3 is 0 Å². The Morgan fingerprint density at radius 2 is 1.54 bits per heavy atom. The maximum Gasteiger partial charge on any atom is 0.244 e. The van der Waals surface area contributed by atoms with Crippen molar-refractivity contribution in [3.8, 4) is 0 Å². The summed E-state index contributed by atoms with van der Waals surface area (Å²) in [5.41, 5.74) is 2.00. The zero-order valence-electron chi connectivity index (χ0n) is 23.2. The van der Waals surface area contributed by atoms with Gasteiger partial charge in [-0.1, -0.05) is 97.4 Å². The minimum atomic E-state index is -3.87. The molecule has 7 nitrogen and oxygen atoms in total. The molecule has 0 heterocycles. The molecule has 0 saturated carbocycles. The monoisotopic (exact) mass is 591 g/mol. The first kappa shape index (κ1) is 30.1. The van der Waals surface area contributed by atoms with Crippen molar-refractivity contribution in [1.82, 2.24) is 10.2 Å². The molecule has 4 aromatic carbocycles. The molecule has 4 aromatic rings. The van der Waals surface area contributed by atoms with E-state index >= 15 is 0 Å². The summed E-state index contributed by atoms with van der Waals surface area (Å²) in [7, 11) is -3.87. The number of hydrogen-bond donors (Lipinski definition) is 1. The molecule has 0 aliphatic heterocycles. The average Bonchev–Trinajstić information content (AvgIpc) is 2.96. The first-order chi connectivity index (χ1) is 19.7. The van der Waals surface area contributed by atoms with Crippen LogP contribution in [0.5, 0.6) is 0 Å². The number of amides is 2. The summed E-state index contributed by atoms with van der Waals surface area (Å²) in [4.78, 5) is 29.3. The fraction of sp³-hybridized carbons (Fsp3) is 0.250. The van der Waals surface area contributed by atoms with Gasteiger partial charge in [0, 0.05) is 29.9 Å². The van der Waals surface area contributed by atoms with E-state index in [9.17, 15) is 18.0 Å². The van der Waals surface area contributed by atoms with Crippen LogP contribution in [0, 0.1) is 0 Å². The van der Waals surface area contributed by atoms with Crippen molar-refractivity contribution in [1.29, 1.82) is 0 Å². The highest BCUT2D eigenvalue weighted by molar-refractivity contribution is 7.92. The normalized spacial score (nSPS) is 12.1. The summed E-state index contributed by atoms with van der Waals surface area (Å²) >= 11 is 6.26. The number of carbonyl (C=O) groups is 2. The molecule has 0 aliphatic carbocycles. The molecule has 0 unspecified atom stereocenters. The molecule has 1 N–H and O–H groups in total. The average molecular weight is 592 g/mol. The van der Waals surface area contributed by atoms with Gasteiger partial charge in [0.1, 0.15) is 12.6 Å². The molecule has 2 amide bonds. The van der Waals surface area contributed by atoms with Gasteiger partial charge in [0.2, 0.25) is 21.8 Å². The molecule has 0 saturated heterocycles. The summed E-state index contributed by atoms with van der Waals surface area (Å²) in [6.45, 7) is 2.01. The lowest BCUT2D eigenvalue weighted by molar-refractivity contribution is -0.140. The van der Waals surface area contributed by atoms with E-state index in [1.54, 1.807) is 30.3 Å². The number of nitrogens with zero attached hydrogens (tertiary/aromatic N) is 2. The van der Waals surface area contributed by atoms with Crippen molar-refractivity contribution in [3.05, 3.63) is 113 Å². The summed E-state index contributed by atoms with van der Waals surface area (Å²) in [5.74, 6) is -0.807. The van der Waals surface area contributed by atoms with E-state index in [-0.39, 0.29) is 18.9 Å². The van der Waals surface area contributed by atoms with Crippen LogP contribution in [0.2, 0.25) is 5.02 Å². The largest absolute Gasteiger partial charge is 0.354 e. The van der Waals surface area contributed by atoms with Crippen molar-refractivity contribution < 1.29 is 18.0 Å². The van der Waals surface area contributed by atoms with Crippen LogP contribution < -0.4 is 9.62 Å². The fourth-order valence-electron chi connectivity index (χ4n) is 4.77. The SMILES string of the molecule is CCCNC(=O)[C@@H](Cc1ccccc1)N(Cc1cccc(Cl)c1)C(=O)CN(c1cccc2ccccc12)S(C)(=O)=O. The van der Waals surface area contributed by atoms with Gasteiger partial charge in [0.15, 0.2) is 0 Å². The Morgan fingerprint density at radius 3 is 2.24 bits per heavy atom. The first-order valence-electron chi connectivity index (χ1n) is 13.5. The Hall–Kier alpha value is -3.88. The van der Waals surface area contributed by atoms with Crippen molar-refractivity contribution in [2.45, 2.75) is 32.4 Å². The van der Waals surface area contributed by atoms with Crippen LogP contribution in [-0.4, -0.2) is 50.5 Å². The maximum atomic E-state index is 14.2. The van der Waals surface area contributed by atoms with Gasteiger partial charge in [0.25, 0.3) is 0 Å². The van der Waals surface area contributed by atoms with Crippen molar-refractivity contribution >= 4 is 49.9 Å². The molecule has 41 heavy (non-hydrogen) atoms. The van der Waals surface area contributed by atoms with Gasteiger partial charge in [-0.3, -0.25) is 13.9 Å².